The molecule has 0 aliphatic heterocycles. The predicted octanol–water partition coefficient (Wildman–Crippen LogP) is 5.26. The molecule has 21 heavy (non-hydrogen) atoms. The van der Waals surface area contributed by atoms with Gasteiger partial charge in [0.15, 0.2) is 0 Å². The minimum Gasteiger partial charge on any atom is -0.310 e. The fourth-order valence-electron chi connectivity index (χ4n) is 2.43. The second-order valence-electron chi connectivity index (χ2n) is 5.20. The lowest BCUT2D eigenvalue weighted by Crippen LogP contribution is -2.23. The molecule has 0 fully saturated rings. The van der Waals surface area contributed by atoms with Crippen molar-refractivity contribution in [1.29, 1.82) is 0 Å². The quantitative estimate of drug-likeness (QED) is 0.718. The smallest absolute Gasteiger partial charge is 0.124 e. The third kappa shape index (κ3) is 4.94. The highest BCUT2D eigenvalue weighted by molar-refractivity contribution is 9.10. The fraction of sp³-hybridized carbons (Fsp3) is 0.333. The minimum atomic E-state index is -0.206. The van der Waals surface area contributed by atoms with E-state index >= 15 is 0 Å². The Morgan fingerprint density at radius 3 is 2.57 bits per heavy atom. The number of hydrogen-bond donors (Lipinski definition) is 1. The van der Waals surface area contributed by atoms with Crippen molar-refractivity contribution in [1.82, 2.24) is 5.32 Å². The SMILES string of the molecule is CCCNC(CCc1ccccc1)c1ccc(F)cc1Br. The zero-order chi connectivity index (χ0) is 15.1. The lowest BCUT2D eigenvalue weighted by atomic mass is 9.98. The summed E-state index contributed by atoms with van der Waals surface area (Å²) in [6.07, 6.45) is 3.08. The molecule has 2 rings (SSSR count). The second-order valence-corrected chi connectivity index (χ2v) is 6.05. The van der Waals surface area contributed by atoms with E-state index in [0.717, 1.165) is 35.8 Å². The van der Waals surface area contributed by atoms with Gasteiger partial charge in [-0.15, -0.1) is 0 Å². The van der Waals surface area contributed by atoms with Crippen molar-refractivity contribution in [2.45, 2.75) is 32.2 Å². The first-order valence-corrected chi connectivity index (χ1v) is 8.22. The molecular formula is C18H21BrFN. The average Bonchev–Trinajstić information content (AvgIpc) is 2.49. The molecule has 1 N–H and O–H groups in total. The van der Waals surface area contributed by atoms with E-state index < -0.39 is 0 Å². The lowest BCUT2D eigenvalue weighted by Gasteiger charge is -2.20. The van der Waals surface area contributed by atoms with Crippen LogP contribution in [0.25, 0.3) is 0 Å². The topological polar surface area (TPSA) is 12.0 Å². The Balaban J connectivity index is 2.10. The van der Waals surface area contributed by atoms with Crippen LogP contribution in [0.4, 0.5) is 4.39 Å². The van der Waals surface area contributed by atoms with Crippen molar-refractivity contribution >= 4 is 15.9 Å². The minimum absolute atomic E-state index is 0.206. The van der Waals surface area contributed by atoms with Crippen molar-refractivity contribution in [3.63, 3.8) is 0 Å². The Hall–Kier alpha value is -1.19. The van der Waals surface area contributed by atoms with Gasteiger partial charge < -0.3 is 5.32 Å². The summed E-state index contributed by atoms with van der Waals surface area (Å²) >= 11 is 3.49. The van der Waals surface area contributed by atoms with E-state index in [1.807, 2.05) is 12.1 Å². The standard InChI is InChI=1S/C18H21BrFN/c1-2-12-21-18(11-8-14-6-4-3-5-7-14)16-10-9-15(20)13-17(16)19/h3-7,9-10,13,18,21H,2,8,11-12H2,1H3. The highest BCUT2D eigenvalue weighted by Gasteiger charge is 2.14. The maximum Gasteiger partial charge on any atom is 0.124 e. The monoisotopic (exact) mass is 349 g/mol. The van der Waals surface area contributed by atoms with Crippen LogP contribution in [0.2, 0.25) is 0 Å². The molecule has 0 spiro atoms. The maximum absolute atomic E-state index is 13.3. The summed E-state index contributed by atoms with van der Waals surface area (Å²) in [6, 6.07) is 15.6. The molecule has 0 aliphatic carbocycles. The van der Waals surface area contributed by atoms with Crippen LogP contribution >= 0.6 is 15.9 Å². The molecule has 0 aromatic heterocycles. The van der Waals surface area contributed by atoms with E-state index in [0.29, 0.717) is 0 Å². The molecular weight excluding hydrogens is 329 g/mol. The predicted molar refractivity (Wildman–Crippen MR) is 89.9 cm³/mol. The van der Waals surface area contributed by atoms with Crippen molar-refractivity contribution in [3.05, 3.63) is 69.9 Å². The van der Waals surface area contributed by atoms with E-state index in [9.17, 15) is 4.39 Å². The summed E-state index contributed by atoms with van der Waals surface area (Å²) in [7, 11) is 0. The van der Waals surface area contributed by atoms with Crippen molar-refractivity contribution < 1.29 is 4.39 Å². The van der Waals surface area contributed by atoms with Crippen LogP contribution in [0.1, 0.15) is 36.9 Å². The van der Waals surface area contributed by atoms with Gasteiger partial charge in [0.2, 0.25) is 0 Å². The van der Waals surface area contributed by atoms with Gasteiger partial charge in [-0.2, -0.15) is 0 Å². The summed E-state index contributed by atoms with van der Waals surface area (Å²) in [4.78, 5) is 0. The van der Waals surface area contributed by atoms with Gasteiger partial charge in [-0.3, -0.25) is 0 Å². The van der Waals surface area contributed by atoms with Crippen LogP contribution in [-0.2, 0) is 6.42 Å². The molecule has 112 valence electrons. The summed E-state index contributed by atoms with van der Waals surface area (Å²) in [5.74, 6) is -0.206. The largest absolute Gasteiger partial charge is 0.310 e. The van der Waals surface area contributed by atoms with Gasteiger partial charge in [0.1, 0.15) is 5.82 Å². The highest BCUT2D eigenvalue weighted by Crippen LogP contribution is 2.27. The van der Waals surface area contributed by atoms with Crippen LogP contribution in [0.5, 0.6) is 0 Å². The molecule has 0 aliphatic rings. The maximum atomic E-state index is 13.3. The van der Waals surface area contributed by atoms with Gasteiger partial charge in [0.05, 0.1) is 0 Å². The molecule has 0 heterocycles. The van der Waals surface area contributed by atoms with E-state index in [2.05, 4.69) is 52.4 Å². The van der Waals surface area contributed by atoms with Gasteiger partial charge in [0, 0.05) is 10.5 Å². The highest BCUT2D eigenvalue weighted by atomic mass is 79.9. The van der Waals surface area contributed by atoms with E-state index in [1.165, 1.54) is 11.6 Å². The molecule has 0 saturated carbocycles. The molecule has 0 radical (unpaired) electrons. The van der Waals surface area contributed by atoms with Crippen molar-refractivity contribution in [2.75, 3.05) is 6.54 Å². The van der Waals surface area contributed by atoms with E-state index in [1.54, 1.807) is 6.07 Å². The Bertz CT molecular complexity index is 556. The number of nitrogens with one attached hydrogen (secondary N) is 1. The fourth-order valence-corrected chi connectivity index (χ4v) is 3.05. The van der Waals surface area contributed by atoms with E-state index in [-0.39, 0.29) is 11.9 Å². The Kier molecular flexibility index (Phi) is 6.40. The summed E-state index contributed by atoms with van der Waals surface area (Å²) in [5.41, 5.74) is 2.46. The van der Waals surface area contributed by atoms with Crippen LogP contribution in [0, 0.1) is 5.82 Å². The number of benzene rings is 2. The van der Waals surface area contributed by atoms with Gasteiger partial charge >= 0.3 is 0 Å². The number of halogens is 2. The molecule has 0 amide bonds. The summed E-state index contributed by atoms with van der Waals surface area (Å²) < 4.78 is 14.1. The Morgan fingerprint density at radius 1 is 1.14 bits per heavy atom. The zero-order valence-electron chi connectivity index (χ0n) is 12.3. The molecule has 2 aromatic carbocycles. The summed E-state index contributed by atoms with van der Waals surface area (Å²) in [5, 5.41) is 3.56. The van der Waals surface area contributed by atoms with Gasteiger partial charge in [-0.25, -0.2) is 4.39 Å². The molecule has 2 aromatic rings. The third-order valence-corrected chi connectivity index (χ3v) is 4.23. The first-order chi connectivity index (χ1) is 10.2. The first kappa shape index (κ1) is 16.2. The Labute approximate surface area is 134 Å². The molecule has 0 bridgehead atoms. The van der Waals surface area contributed by atoms with Crippen LogP contribution in [0.15, 0.2) is 53.0 Å². The van der Waals surface area contributed by atoms with Crippen LogP contribution in [-0.4, -0.2) is 6.54 Å². The average molecular weight is 350 g/mol. The molecule has 0 saturated heterocycles. The normalized spacial score (nSPS) is 12.3. The van der Waals surface area contributed by atoms with Gasteiger partial charge in [-0.05, 0) is 49.1 Å². The second kappa shape index (κ2) is 8.30. The third-order valence-electron chi connectivity index (χ3n) is 3.54. The van der Waals surface area contributed by atoms with Crippen LogP contribution in [0.3, 0.4) is 0 Å². The molecule has 3 heteroatoms. The van der Waals surface area contributed by atoms with Gasteiger partial charge in [-0.1, -0.05) is 59.3 Å². The molecule has 1 atom stereocenters. The van der Waals surface area contributed by atoms with Gasteiger partial charge in [0.25, 0.3) is 0 Å². The van der Waals surface area contributed by atoms with E-state index in [4.69, 9.17) is 0 Å². The number of rotatable bonds is 7. The Morgan fingerprint density at radius 2 is 1.90 bits per heavy atom. The number of hydrogen-bond acceptors (Lipinski definition) is 1. The summed E-state index contributed by atoms with van der Waals surface area (Å²) in [6.45, 7) is 3.12. The van der Waals surface area contributed by atoms with Crippen molar-refractivity contribution in [3.8, 4) is 0 Å². The number of aryl methyl sites for hydroxylation is 1. The van der Waals surface area contributed by atoms with Crippen molar-refractivity contribution in [2.24, 2.45) is 0 Å². The zero-order valence-corrected chi connectivity index (χ0v) is 13.9. The molecule has 1 nitrogen and oxygen atoms in total. The lowest BCUT2D eigenvalue weighted by molar-refractivity contribution is 0.496. The first-order valence-electron chi connectivity index (χ1n) is 7.43. The van der Waals surface area contributed by atoms with Crippen LogP contribution < -0.4 is 5.32 Å². The molecule has 1 unspecified atom stereocenters.